The molecule has 0 atom stereocenters. The van der Waals surface area contributed by atoms with Crippen molar-refractivity contribution in [3.8, 4) is 12.3 Å². The van der Waals surface area contributed by atoms with Gasteiger partial charge in [0.05, 0.1) is 14.6 Å². The molecule has 0 radical (unpaired) electrons. The highest BCUT2D eigenvalue weighted by Crippen LogP contribution is 2.04. The van der Waals surface area contributed by atoms with Crippen LogP contribution in [0.5, 0.6) is 0 Å². The van der Waals surface area contributed by atoms with E-state index in [9.17, 15) is 0 Å². The minimum Gasteiger partial charge on any atom is -0.302 e. The quantitative estimate of drug-likeness (QED) is 0.462. The van der Waals surface area contributed by atoms with Crippen molar-refractivity contribution in [2.24, 2.45) is 0 Å². The van der Waals surface area contributed by atoms with Crippen LogP contribution in [0.15, 0.2) is 24.3 Å². The van der Waals surface area contributed by atoms with Crippen LogP contribution in [-0.2, 0) is 6.54 Å². The van der Waals surface area contributed by atoms with Gasteiger partial charge >= 0.3 is 0 Å². The molecule has 0 bridgehead atoms. The van der Waals surface area contributed by atoms with Crippen molar-refractivity contribution in [3.63, 3.8) is 0 Å². The Morgan fingerprint density at radius 3 is 2.27 bits per heavy atom. The van der Waals surface area contributed by atoms with E-state index in [0.717, 1.165) is 6.54 Å². The van der Waals surface area contributed by atoms with E-state index >= 15 is 0 Å². The molecule has 1 aromatic rings. The molecule has 1 N–H and O–H groups in total. The molecule has 0 aliphatic rings. The lowest BCUT2D eigenvalue weighted by molar-refractivity contribution is 0.770. The van der Waals surface area contributed by atoms with Crippen LogP contribution in [0, 0.1) is 12.3 Å². The second-order valence-electron chi connectivity index (χ2n) is 4.75. The Hall–Kier alpha value is -1.04. The standard InChI is InChI=1S/C13H19NSi/c1-5-10-14-11-12-6-8-13(9-7-12)15(2,3)4/h1,6-9,14H,10-11H2,2-4H3. The van der Waals surface area contributed by atoms with Gasteiger partial charge in [-0.2, -0.15) is 0 Å². The van der Waals surface area contributed by atoms with Crippen LogP contribution in [0.1, 0.15) is 5.56 Å². The predicted octanol–water partition coefficient (Wildman–Crippen LogP) is 1.95. The minimum atomic E-state index is -1.15. The van der Waals surface area contributed by atoms with Gasteiger partial charge in [-0.15, -0.1) is 6.42 Å². The number of hydrogen-bond acceptors (Lipinski definition) is 1. The van der Waals surface area contributed by atoms with Gasteiger partial charge in [0, 0.05) is 6.54 Å². The summed E-state index contributed by atoms with van der Waals surface area (Å²) in [7, 11) is -1.15. The van der Waals surface area contributed by atoms with Gasteiger partial charge in [0.15, 0.2) is 0 Å². The SMILES string of the molecule is C#CCNCc1ccc([Si](C)(C)C)cc1. The largest absolute Gasteiger partial charge is 0.302 e. The third-order valence-electron chi connectivity index (χ3n) is 2.38. The van der Waals surface area contributed by atoms with Gasteiger partial charge < -0.3 is 5.32 Å². The van der Waals surface area contributed by atoms with Crippen molar-refractivity contribution in [2.75, 3.05) is 6.54 Å². The molecule has 1 aromatic carbocycles. The fourth-order valence-electron chi connectivity index (χ4n) is 1.40. The Morgan fingerprint density at radius 1 is 1.20 bits per heavy atom. The molecule has 0 fully saturated rings. The van der Waals surface area contributed by atoms with Gasteiger partial charge in [0.2, 0.25) is 0 Å². The summed E-state index contributed by atoms with van der Waals surface area (Å²) in [6, 6.07) is 8.88. The van der Waals surface area contributed by atoms with E-state index in [2.05, 4.69) is 55.1 Å². The van der Waals surface area contributed by atoms with E-state index in [-0.39, 0.29) is 0 Å². The molecular formula is C13H19NSi. The molecule has 0 aromatic heterocycles. The van der Waals surface area contributed by atoms with Gasteiger partial charge in [0.25, 0.3) is 0 Å². The van der Waals surface area contributed by atoms with Crippen molar-refractivity contribution in [3.05, 3.63) is 29.8 Å². The zero-order chi connectivity index (χ0) is 11.3. The van der Waals surface area contributed by atoms with Crippen LogP contribution in [0.3, 0.4) is 0 Å². The fourth-order valence-corrected chi connectivity index (χ4v) is 2.57. The van der Waals surface area contributed by atoms with Gasteiger partial charge in [-0.3, -0.25) is 0 Å². The molecule has 1 rings (SSSR count). The normalized spacial score (nSPS) is 11.1. The fraction of sp³-hybridized carbons (Fsp3) is 0.385. The van der Waals surface area contributed by atoms with Gasteiger partial charge in [0.1, 0.15) is 0 Å². The number of rotatable bonds is 4. The highest BCUT2D eigenvalue weighted by Gasteiger charge is 2.15. The van der Waals surface area contributed by atoms with E-state index in [1.807, 2.05) is 0 Å². The smallest absolute Gasteiger partial charge is 0.0775 e. The second-order valence-corrected chi connectivity index (χ2v) is 9.83. The summed E-state index contributed by atoms with van der Waals surface area (Å²) in [4.78, 5) is 0. The lowest BCUT2D eigenvalue weighted by Crippen LogP contribution is -2.37. The summed E-state index contributed by atoms with van der Waals surface area (Å²) >= 11 is 0. The summed E-state index contributed by atoms with van der Waals surface area (Å²) in [5, 5.41) is 4.69. The molecule has 2 heteroatoms. The molecule has 0 aliphatic carbocycles. The Kier molecular flexibility index (Phi) is 4.13. The highest BCUT2D eigenvalue weighted by atomic mass is 28.3. The zero-order valence-corrected chi connectivity index (χ0v) is 10.8. The molecular weight excluding hydrogens is 198 g/mol. The van der Waals surface area contributed by atoms with Gasteiger partial charge in [-0.25, -0.2) is 0 Å². The monoisotopic (exact) mass is 217 g/mol. The molecule has 0 saturated carbocycles. The minimum absolute atomic E-state index is 0.635. The van der Waals surface area contributed by atoms with Crippen LogP contribution in [0.4, 0.5) is 0 Å². The summed E-state index contributed by atoms with van der Waals surface area (Å²) < 4.78 is 0. The number of hydrogen-bond donors (Lipinski definition) is 1. The molecule has 1 nitrogen and oxygen atoms in total. The van der Waals surface area contributed by atoms with Crippen molar-refractivity contribution < 1.29 is 0 Å². The van der Waals surface area contributed by atoms with Crippen LogP contribution < -0.4 is 10.5 Å². The summed E-state index contributed by atoms with van der Waals surface area (Å²) in [6.45, 7) is 8.57. The first-order chi connectivity index (χ1) is 7.04. The molecule has 15 heavy (non-hydrogen) atoms. The predicted molar refractivity (Wildman–Crippen MR) is 70.0 cm³/mol. The summed E-state index contributed by atoms with van der Waals surface area (Å²) in [6.07, 6.45) is 5.17. The van der Waals surface area contributed by atoms with Crippen molar-refractivity contribution in [1.82, 2.24) is 5.32 Å². The first-order valence-corrected chi connectivity index (χ1v) is 8.77. The van der Waals surface area contributed by atoms with Crippen LogP contribution in [0.2, 0.25) is 19.6 Å². The number of benzene rings is 1. The molecule has 0 aliphatic heterocycles. The van der Waals surface area contributed by atoms with Crippen molar-refractivity contribution in [1.29, 1.82) is 0 Å². The summed E-state index contributed by atoms with van der Waals surface area (Å²) in [5.74, 6) is 2.57. The Labute approximate surface area is 93.9 Å². The maximum atomic E-state index is 5.17. The molecule has 0 saturated heterocycles. The van der Waals surface area contributed by atoms with Crippen LogP contribution in [0.25, 0.3) is 0 Å². The first-order valence-electron chi connectivity index (χ1n) is 5.27. The van der Waals surface area contributed by atoms with E-state index in [0.29, 0.717) is 6.54 Å². The Morgan fingerprint density at radius 2 is 1.80 bits per heavy atom. The molecule has 0 unspecified atom stereocenters. The highest BCUT2D eigenvalue weighted by molar-refractivity contribution is 6.88. The van der Waals surface area contributed by atoms with Gasteiger partial charge in [-0.1, -0.05) is 55.0 Å². The Balaban J connectivity index is 2.61. The first kappa shape index (κ1) is 12.0. The molecule has 0 heterocycles. The lowest BCUT2D eigenvalue weighted by Gasteiger charge is -2.16. The maximum absolute atomic E-state index is 5.17. The zero-order valence-electron chi connectivity index (χ0n) is 9.80. The van der Waals surface area contributed by atoms with E-state index in [1.54, 1.807) is 0 Å². The molecule has 0 spiro atoms. The lowest BCUT2D eigenvalue weighted by atomic mass is 10.2. The topological polar surface area (TPSA) is 12.0 Å². The van der Waals surface area contributed by atoms with Crippen molar-refractivity contribution >= 4 is 13.3 Å². The average Bonchev–Trinajstić information content (AvgIpc) is 2.18. The molecule has 80 valence electrons. The molecule has 0 amide bonds. The number of nitrogens with one attached hydrogen (secondary N) is 1. The van der Waals surface area contributed by atoms with E-state index < -0.39 is 8.07 Å². The Bertz CT molecular complexity index is 340. The van der Waals surface area contributed by atoms with Crippen LogP contribution >= 0.6 is 0 Å². The average molecular weight is 217 g/mol. The maximum Gasteiger partial charge on any atom is 0.0775 e. The van der Waals surface area contributed by atoms with Crippen LogP contribution in [-0.4, -0.2) is 14.6 Å². The third-order valence-corrected chi connectivity index (χ3v) is 4.44. The second kappa shape index (κ2) is 5.15. The van der Waals surface area contributed by atoms with E-state index in [4.69, 9.17) is 6.42 Å². The van der Waals surface area contributed by atoms with Gasteiger partial charge in [-0.05, 0) is 5.56 Å². The van der Waals surface area contributed by atoms with Crippen molar-refractivity contribution in [2.45, 2.75) is 26.2 Å². The number of terminal acetylenes is 1. The van der Waals surface area contributed by atoms with E-state index in [1.165, 1.54) is 10.8 Å². The third kappa shape index (κ3) is 3.91. The summed E-state index contributed by atoms with van der Waals surface area (Å²) in [5.41, 5.74) is 1.30.